The van der Waals surface area contributed by atoms with Gasteiger partial charge in [0.25, 0.3) is 0 Å². The van der Waals surface area contributed by atoms with Gasteiger partial charge in [-0.15, -0.1) is 0 Å². The maximum absolute atomic E-state index is 11.1. The monoisotopic (exact) mass is 188 g/mol. The van der Waals surface area contributed by atoms with Gasteiger partial charge in [-0.3, -0.25) is 4.79 Å². The Morgan fingerprint density at radius 3 is 2.73 bits per heavy atom. The van der Waals surface area contributed by atoms with Crippen molar-refractivity contribution in [1.29, 1.82) is 0 Å². The van der Waals surface area contributed by atoms with E-state index in [1.165, 1.54) is 0 Å². The van der Waals surface area contributed by atoms with Crippen LogP contribution in [-0.2, 0) is 0 Å². The van der Waals surface area contributed by atoms with Crippen LogP contribution in [0.25, 0.3) is 0 Å². The molecule has 0 spiro atoms. The van der Waals surface area contributed by atoms with Gasteiger partial charge in [-0.25, -0.2) is 4.98 Å². The van der Waals surface area contributed by atoms with Gasteiger partial charge >= 0.3 is 0 Å². The molecule has 5 heteroatoms. The Morgan fingerprint density at radius 2 is 2.36 bits per heavy atom. The molecule has 0 amide bonds. The van der Waals surface area contributed by atoms with E-state index in [1.54, 1.807) is 6.92 Å². The molecule has 0 aliphatic carbocycles. The van der Waals surface area contributed by atoms with Gasteiger partial charge in [-0.05, 0) is 35.6 Å². The van der Waals surface area contributed by atoms with Crippen LogP contribution in [0.1, 0.15) is 17.5 Å². The predicted octanol–water partition coefficient (Wildman–Crippen LogP) is 1.95. The molecule has 1 aromatic heterocycles. The largest absolute Gasteiger partial charge is 0.285 e. The summed E-state index contributed by atoms with van der Waals surface area (Å²) in [5, 5.41) is 0. The third kappa shape index (κ3) is 1.85. The molecular formula is C6H5ClN2OS. The molecule has 0 N–H and O–H groups in total. The standard InChI is InChI=1S/C6H5ClN2OS/c1-3(2)4(10)5-8-6(7)11-9-5/h1H2,2H3. The van der Waals surface area contributed by atoms with E-state index in [2.05, 4.69) is 15.9 Å². The Kier molecular flexibility index (Phi) is 2.36. The average molecular weight is 189 g/mol. The van der Waals surface area contributed by atoms with E-state index in [0.717, 1.165) is 11.5 Å². The Hall–Kier alpha value is -0.740. The minimum atomic E-state index is -0.256. The lowest BCUT2D eigenvalue weighted by Gasteiger charge is -1.88. The van der Waals surface area contributed by atoms with Crippen LogP contribution in [0.3, 0.4) is 0 Å². The smallest absolute Gasteiger partial charge is 0.226 e. The molecule has 0 fully saturated rings. The molecule has 1 rings (SSSR count). The second-order valence-electron chi connectivity index (χ2n) is 1.98. The summed E-state index contributed by atoms with van der Waals surface area (Å²) in [6, 6.07) is 0. The van der Waals surface area contributed by atoms with Crippen molar-refractivity contribution in [2.45, 2.75) is 6.92 Å². The first kappa shape index (κ1) is 8.36. The summed E-state index contributed by atoms with van der Waals surface area (Å²) in [4.78, 5) is 14.8. The van der Waals surface area contributed by atoms with Gasteiger partial charge in [0.1, 0.15) is 0 Å². The first-order chi connectivity index (χ1) is 5.11. The number of allylic oxidation sites excluding steroid dienone is 1. The van der Waals surface area contributed by atoms with Gasteiger partial charge in [0.15, 0.2) is 0 Å². The maximum Gasteiger partial charge on any atom is 0.226 e. The van der Waals surface area contributed by atoms with E-state index in [4.69, 9.17) is 11.6 Å². The van der Waals surface area contributed by atoms with Crippen molar-refractivity contribution in [2.75, 3.05) is 0 Å². The summed E-state index contributed by atoms with van der Waals surface area (Å²) < 4.78 is 4.00. The summed E-state index contributed by atoms with van der Waals surface area (Å²) in [5.74, 6) is -0.124. The summed E-state index contributed by atoms with van der Waals surface area (Å²) in [5.41, 5.74) is 0.416. The lowest BCUT2D eigenvalue weighted by Crippen LogP contribution is -2.01. The lowest BCUT2D eigenvalue weighted by molar-refractivity contribution is 0.102. The average Bonchev–Trinajstić information content (AvgIpc) is 2.34. The third-order valence-electron chi connectivity index (χ3n) is 0.992. The maximum atomic E-state index is 11.1. The Labute approximate surface area is 72.9 Å². The van der Waals surface area contributed by atoms with Crippen molar-refractivity contribution < 1.29 is 4.79 Å². The number of Topliss-reactive ketones (excluding diaryl/α,β-unsaturated/α-hetero) is 1. The van der Waals surface area contributed by atoms with E-state index in [0.29, 0.717) is 5.57 Å². The highest BCUT2D eigenvalue weighted by Gasteiger charge is 2.11. The Bertz CT molecular complexity index is 307. The van der Waals surface area contributed by atoms with E-state index >= 15 is 0 Å². The van der Waals surface area contributed by atoms with Gasteiger partial charge < -0.3 is 0 Å². The normalized spacial score (nSPS) is 9.64. The highest BCUT2D eigenvalue weighted by Crippen LogP contribution is 2.12. The van der Waals surface area contributed by atoms with Crippen LogP contribution in [0.15, 0.2) is 12.2 Å². The fourth-order valence-corrected chi connectivity index (χ4v) is 1.08. The molecule has 0 saturated heterocycles. The van der Waals surface area contributed by atoms with E-state index in [-0.39, 0.29) is 16.1 Å². The van der Waals surface area contributed by atoms with Gasteiger partial charge in [-0.2, -0.15) is 4.37 Å². The zero-order valence-corrected chi connectivity index (χ0v) is 7.37. The SMILES string of the molecule is C=C(C)C(=O)c1nsc(Cl)n1. The highest BCUT2D eigenvalue weighted by atomic mass is 35.5. The molecule has 58 valence electrons. The minimum absolute atomic E-state index is 0.132. The van der Waals surface area contributed by atoms with Gasteiger partial charge in [0.2, 0.25) is 16.1 Å². The number of carbonyl (C=O) groups is 1. The summed E-state index contributed by atoms with van der Waals surface area (Å²) in [6.45, 7) is 5.08. The van der Waals surface area contributed by atoms with Crippen molar-refractivity contribution in [3.05, 3.63) is 22.4 Å². The van der Waals surface area contributed by atoms with E-state index < -0.39 is 0 Å². The molecule has 0 unspecified atom stereocenters. The molecule has 0 saturated carbocycles. The van der Waals surface area contributed by atoms with E-state index in [9.17, 15) is 4.79 Å². The van der Waals surface area contributed by atoms with Crippen molar-refractivity contribution >= 4 is 28.9 Å². The molecule has 1 heterocycles. The van der Waals surface area contributed by atoms with Crippen molar-refractivity contribution in [3.63, 3.8) is 0 Å². The van der Waals surface area contributed by atoms with Gasteiger partial charge in [-0.1, -0.05) is 6.58 Å². The molecule has 0 atom stereocenters. The van der Waals surface area contributed by atoms with Gasteiger partial charge in [0.05, 0.1) is 0 Å². The van der Waals surface area contributed by atoms with Crippen LogP contribution in [-0.4, -0.2) is 15.1 Å². The van der Waals surface area contributed by atoms with Crippen molar-refractivity contribution in [3.8, 4) is 0 Å². The molecule has 11 heavy (non-hydrogen) atoms. The second-order valence-corrected chi connectivity index (χ2v) is 3.31. The van der Waals surface area contributed by atoms with Crippen LogP contribution < -0.4 is 0 Å². The first-order valence-electron chi connectivity index (χ1n) is 2.80. The molecule has 0 aromatic carbocycles. The molecule has 3 nitrogen and oxygen atoms in total. The van der Waals surface area contributed by atoms with Crippen LogP contribution in [0.4, 0.5) is 0 Å². The number of carbonyl (C=O) groups excluding carboxylic acids is 1. The Balaban J connectivity index is 2.94. The third-order valence-corrected chi connectivity index (χ3v) is 1.79. The second kappa shape index (κ2) is 3.11. The summed E-state index contributed by atoms with van der Waals surface area (Å²) >= 11 is 6.46. The predicted molar refractivity (Wildman–Crippen MR) is 44.1 cm³/mol. The number of nitrogens with zero attached hydrogens (tertiary/aromatic N) is 2. The van der Waals surface area contributed by atoms with Crippen LogP contribution in [0.2, 0.25) is 4.47 Å². The highest BCUT2D eigenvalue weighted by molar-refractivity contribution is 7.10. The molecule has 0 radical (unpaired) electrons. The summed E-state index contributed by atoms with van der Waals surface area (Å²) in [6.07, 6.45) is 0. The number of halogens is 1. The summed E-state index contributed by atoms with van der Waals surface area (Å²) in [7, 11) is 0. The number of rotatable bonds is 2. The fraction of sp³-hybridized carbons (Fsp3) is 0.167. The van der Waals surface area contributed by atoms with Crippen LogP contribution in [0.5, 0.6) is 0 Å². The number of ketones is 1. The number of hydrogen-bond donors (Lipinski definition) is 0. The van der Waals surface area contributed by atoms with Gasteiger partial charge in [0, 0.05) is 0 Å². The van der Waals surface area contributed by atoms with Crippen LogP contribution >= 0.6 is 23.1 Å². The zero-order chi connectivity index (χ0) is 8.43. The molecule has 0 bridgehead atoms. The van der Waals surface area contributed by atoms with Crippen molar-refractivity contribution in [2.24, 2.45) is 0 Å². The fourth-order valence-electron chi connectivity index (χ4n) is 0.488. The number of aromatic nitrogens is 2. The lowest BCUT2D eigenvalue weighted by atomic mass is 10.2. The first-order valence-corrected chi connectivity index (χ1v) is 3.96. The molecular weight excluding hydrogens is 184 g/mol. The van der Waals surface area contributed by atoms with Crippen molar-refractivity contribution in [1.82, 2.24) is 9.36 Å². The molecule has 0 aliphatic heterocycles. The minimum Gasteiger partial charge on any atom is -0.285 e. The Morgan fingerprint density at radius 1 is 1.73 bits per heavy atom. The number of hydrogen-bond acceptors (Lipinski definition) is 4. The molecule has 1 aromatic rings. The topological polar surface area (TPSA) is 42.9 Å². The zero-order valence-electron chi connectivity index (χ0n) is 5.80. The van der Waals surface area contributed by atoms with E-state index in [1.807, 2.05) is 0 Å². The van der Waals surface area contributed by atoms with Crippen LogP contribution in [0, 0.1) is 0 Å². The molecule has 0 aliphatic rings. The quantitative estimate of drug-likeness (QED) is 0.526.